The van der Waals surface area contributed by atoms with Crippen molar-refractivity contribution in [2.24, 2.45) is 0 Å². The first-order chi connectivity index (χ1) is 9.25. The molecular weight excluding hydrogens is 250 g/mol. The summed E-state index contributed by atoms with van der Waals surface area (Å²) in [6.07, 6.45) is 3.63. The highest BCUT2D eigenvalue weighted by molar-refractivity contribution is 7.10. The smallest absolute Gasteiger partial charge is 0.0273 e. The van der Waals surface area contributed by atoms with Gasteiger partial charge in [-0.1, -0.05) is 18.2 Å². The Hall–Kier alpha value is -1.93. The van der Waals surface area contributed by atoms with E-state index in [0.29, 0.717) is 0 Å². The average Bonchev–Trinajstić information content (AvgIpc) is 2.86. The molecule has 0 fully saturated rings. The second-order valence-electron chi connectivity index (χ2n) is 4.51. The third-order valence-electron chi connectivity index (χ3n) is 3.21. The minimum Gasteiger partial charge on any atom is -0.265 e. The number of hydrogen-bond donors (Lipinski definition) is 0. The topological polar surface area (TPSA) is 12.9 Å². The van der Waals surface area contributed by atoms with E-state index in [1.165, 1.54) is 21.6 Å². The molecular formula is C17H14NS. The fourth-order valence-electron chi connectivity index (χ4n) is 2.24. The van der Waals surface area contributed by atoms with Gasteiger partial charge in [0, 0.05) is 17.3 Å². The molecule has 0 aliphatic rings. The normalized spacial score (nSPS) is 10.6. The molecule has 1 radical (unpaired) electrons. The van der Waals surface area contributed by atoms with E-state index >= 15 is 0 Å². The highest BCUT2D eigenvalue weighted by Gasteiger charge is 2.08. The van der Waals surface area contributed by atoms with E-state index in [2.05, 4.69) is 48.5 Å². The molecule has 2 aromatic heterocycles. The molecule has 0 spiro atoms. The van der Waals surface area contributed by atoms with Gasteiger partial charge in [-0.15, -0.1) is 11.3 Å². The first kappa shape index (κ1) is 12.1. The lowest BCUT2D eigenvalue weighted by Crippen LogP contribution is -1.87. The van der Waals surface area contributed by atoms with Gasteiger partial charge in [-0.25, -0.2) is 0 Å². The van der Waals surface area contributed by atoms with Gasteiger partial charge in [0.25, 0.3) is 0 Å². The van der Waals surface area contributed by atoms with Gasteiger partial charge in [-0.3, -0.25) is 4.98 Å². The van der Waals surface area contributed by atoms with E-state index in [-0.39, 0.29) is 0 Å². The number of rotatable bonds is 2. The predicted molar refractivity (Wildman–Crippen MR) is 82.2 cm³/mol. The Bertz CT molecular complexity index is 698. The van der Waals surface area contributed by atoms with Crippen molar-refractivity contribution in [1.29, 1.82) is 0 Å². The van der Waals surface area contributed by atoms with Crippen LogP contribution in [-0.2, 0) is 0 Å². The molecule has 0 bridgehead atoms. The standard InChI is InChI=1S/C17H14NS/c1-12-10-15(11-19-12)17-5-3-4-16(13(17)2)14-6-8-18-9-7-14/h3-11H,2H2,1H3. The maximum atomic E-state index is 4.27. The number of benzene rings is 1. The summed E-state index contributed by atoms with van der Waals surface area (Å²) in [5.41, 5.74) is 5.87. The van der Waals surface area contributed by atoms with Crippen LogP contribution in [0.1, 0.15) is 10.4 Å². The number of nitrogens with zero attached hydrogens (tertiary/aromatic N) is 1. The molecule has 19 heavy (non-hydrogen) atoms. The van der Waals surface area contributed by atoms with Crippen molar-refractivity contribution in [3.63, 3.8) is 0 Å². The van der Waals surface area contributed by atoms with Gasteiger partial charge in [0.2, 0.25) is 0 Å². The summed E-state index contributed by atoms with van der Waals surface area (Å²) >= 11 is 1.77. The van der Waals surface area contributed by atoms with Crippen LogP contribution in [0.15, 0.2) is 54.2 Å². The molecule has 2 heteroatoms. The van der Waals surface area contributed by atoms with Crippen LogP contribution in [0.4, 0.5) is 0 Å². The molecule has 1 aromatic carbocycles. The number of hydrogen-bond acceptors (Lipinski definition) is 2. The molecule has 0 saturated carbocycles. The molecule has 0 atom stereocenters. The summed E-state index contributed by atoms with van der Waals surface area (Å²) in [5.74, 6) is 0. The Morgan fingerprint density at radius 1 is 1.00 bits per heavy atom. The van der Waals surface area contributed by atoms with Gasteiger partial charge >= 0.3 is 0 Å². The number of thiophene rings is 1. The van der Waals surface area contributed by atoms with Gasteiger partial charge in [-0.2, -0.15) is 0 Å². The Kier molecular flexibility index (Phi) is 3.18. The highest BCUT2D eigenvalue weighted by atomic mass is 32.1. The molecule has 2 heterocycles. The SMILES string of the molecule is [CH2]c1c(-c2ccncc2)cccc1-c1csc(C)c1. The Morgan fingerprint density at radius 2 is 1.68 bits per heavy atom. The van der Waals surface area contributed by atoms with Crippen LogP contribution in [0.3, 0.4) is 0 Å². The van der Waals surface area contributed by atoms with Crippen molar-refractivity contribution in [3.05, 3.63) is 71.5 Å². The average molecular weight is 264 g/mol. The van der Waals surface area contributed by atoms with E-state index < -0.39 is 0 Å². The fraction of sp³-hybridized carbons (Fsp3) is 0.0588. The summed E-state index contributed by atoms with van der Waals surface area (Å²) in [5, 5.41) is 2.19. The number of aromatic nitrogens is 1. The lowest BCUT2D eigenvalue weighted by molar-refractivity contribution is 1.33. The zero-order chi connectivity index (χ0) is 13.2. The molecule has 0 saturated heterocycles. The lowest BCUT2D eigenvalue weighted by atomic mass is 9.94. The van der Waals surface area contributed by atoms with Crippen LogP contribution in [0.2, 0.25) is 0 Å². The van der Waals surface area contributed by atoms with Crippen molar-refractivity contribution >= 4 is 11.3 Å². The summed E-state index contributed by atoms with van der Waals surface area (Å²) < 4.78 is 0. The van der Waals surface area contributed by atoms with Gasteiger partial charge in [-0.05, 0) is 65.2 Å². The summed E-state index contributed by atoms with van der Waals surface area (Å²) in [4.78, 5) is 5.39. The fourth-order valence-corrected chi connectivity index (χ4v) is 2.95. The third-order valence-corrected chi connectivity index (χ3v) is 4.07. The molecule has 0 unspecified atom stereocenters. The van der Waals surface area contributed by atoms with Crippen molar-refractivity contribution in [2.75, 3.05) is 0 Å². The van der Waals surface area contributed by atoms with Crippen LogP contribution in [0.5, 0.6) is 0 Å². The van der Waals surface area contributed by atoms with Crippen LogP contribution in [0.25, 0.3) is 22.3 Å². The zero-order valence-corrected chi connectivity index (χ0v) is 11.6. The maximum absolute atomic E-state index is 4.27. The molecule has 0 N–H and O–H groups in total. The van der Waals surface area contributed by atoms with Crippen LogP contribution < -0.4 is 0 Å². The van der Waals surface area contributed by atoms with Crippen molar-refractivity contribution in [3.8, 4) is 22.3 Å². The molecule has 0 aliphatic carbocycles. The molecule has 3 aromatic rings. The summed E-state index contributed by atoms with van der Waals surface area (Å²) in [6.45, 7) is 6.40. The van der Waals surface area contributed by atoms with E-state index in [1.807, 2.05) is 24.5 Å². The van der Waals surface area contributed by atoms with E-state index in [9.17, 15) is 0 Å². The zero-order valence-electron chi connectivity index (χ0n) is 10.8. The van der Waals surface area contributed by atoms with Crippen LogP contribution >= 0.6 is 11.3 Å². The van der Waals surface area contributed by atoms with Gasteiger partial charge in [0.15, 0.2) is 0 Å². The summed E-state index contributed by atoms with van der Waals surface area (Å²) in [6, 6.07) is 12.6. The largest absolute Gasteiger partial charge is 0.265 e. The quantitative estimate of drug-likeness (QED) is 0.637. The minimum atomic E-state index is 1.08. The molecule has 0 amide bonds. The van der Waals surface area contributed by atoms with Gasteiger partial charge in [0.1, 0.15) is 0 Å². The second-order valence-corrected chi connectivity index (χ2v) is 5.63. The van der Waals surface area contributed by atoms with Crippen molar-refractivity contribution < 1.29 is 0 Å². The predicted octanol–water partition coefficient (Wildman–Crippen LogP) is 4.97. The Labute approximate surface area is 117 Å². The van der Waals surface area contributed by atoms with E-state index in [1.54, 1.807) is 11.3 Å². The Balaban J connectivity index is 2.14. The first-order valence-electron chi connectivity index (χ1n) is 6.16. The van der Waals surface area contributed by atoms with Crippen LogP contribution in [-0.4, -0.2) is 4.98 Å². The highest BCUT2D eigenvalue weighted by Crippen LogP contribution is 2.33. The number of pyridine rings is 1. The molecule has 0 aliphatic heterocycles. The van der Waals surface area contributed by atoms with E-state index in [0.717, 1.165) is 11.1 Å². The van der Waals surface area contributed by atoms with Crippen molar-refractivity contribution in [1.82, 2.24) is 4.98 Å². The molecule has 1 nitrogen and oxygen atoms in total. The van der Waals surface area contributed by atoms with Crippen LogP contribution in [0, 0.1) is 13.8 Å². The lowest BCUT2D eigenvalue weighted by Gasteiger charge is -2.10. The van der Waals surface area contributed by atoms with Gasteiger partial charge < -0.3 is 0 Å². The first-order valence-corrected chi connectivity index (χ1v) is 7.04. The van der Waals surface area contributed by atoms with E-state index in [4.69, 9.17) is 0 Å². The van der Waals surface area contributed by atoms with Crippen molar-refractivity contribution in [2.45, 2.75) is 6.92 Å². The second kappa shape index (κ2) is 4.98. The Morgan fingerprint density at radius 3 is 2.32 bits per heavy atom. The summed E-state index contributed by atoms with van der Waals surface area (Å²) in [7, 11) is 0. The molecule has 3 rings (SSSR count). The molecule has 93 valence electrons. The maximum Gasteiger partial charge on any atom is 0.0273 e. The van der Waals surface area contributed by atoms with Gasteiger partial charge in [0.05, 0.1) is 0 Å². The third kappa shape index (κ3) is 2.32. The minimum absolute atomic E-state index is 1.08. The number of aryl methyl sites for hydroxylation is 1. The monoisotopic (exact) mass is 264 g/mol.